The number of benzene rings is 1. The van der Waals surface area contributed by atoms with Gasteiger partial charge in [-0.2, -0.15) is 0 Å². The smallest absolute Gasteiger partial charge is 0.131 e. The maximum absolute atomic E-state index is 13.8. The molecule has 0 spiro atoms. The first-order valence-electron chi connectivity index (χ1n) is 6.41. The molecule has 0 saturated heterocycles. The maximum atomic E-state index is 13.8. The minimum Gasteiger partial charge on any atom is -0.395 e. The van der Waals surface area contributed by atoms with Crippen molar-refractivity contribution in [2.45, 2.75) is 25.9 Å². The monoisotopic (exact) mass is 279 g/mol. The Balaban J connectivity index is 2.13. The van der Waals surface area contributed by atoms with Crippen LogP contribution in [0.1, 0.15) is 18.9 Å². The largest absolute Gasteiger partial charge is 0.395 e. The average molecular weight is 279 g/mol. The molecule has 0 aliphatic heterocycles. The molecule has 19 heavy (non-hydrogen) atoms. The summed E-state index contributed by atoms with van der Waals surface area (Å²) in [6, 6.07) is 9.09. The Labute approximate surface area is 116 Å². The summed E-state index contributed by atoms with van der Waals surface area (Å²) in [5, 5.41) is 14.3. The normalized spacial score (nSPS) is 12.6. The number of hydrogen-bond donors (Lipinski definition) is 2. The van der Waals surface area contributed by atoms with Gasteiger partial charge in [-0.15, -0.1) is 11.3 Å². The minimum atomic E-state index is -0.194. The highest BCUT2D eigenvalue weighted by Gasteiger charge is 2.08. The Morgan fingerprint density at radius 2 is 2.21 bits per heavy atom. The van der Waals surface area contributed by atoms with Crippen LogP contribution in [0.5, 0.6) is 0 Å². The van der Waals surface area contributed by atoms with Gasteiger partial charge in [0.15, 0.2) is 0 Å². The molecule has 1 heterocycles. The molecule has 2 nitrogen and oxygen atoms in total. The molecule has 0 aliphatic carbocycles. The summed E-state index contributed by atoms with van der Waals surface area (Å²) < 4.78 is 13.8. The van der Waals surface area contributed by atoms with Crippen LogP contribution in [0.3, 0.4) is 0 Å². The molecule has 0 aliphatic rings. The Morgan fingerprint density at radius 1 is 1.37 bits per heavy atom. The zero-order valence-electron chi connectivity index (χ0n) is 10.9. The van der Waals surface area contributed by atoms with Crippen molar-refractivity contribution >= 4 is 11.3 Å². The first-order valence-corrected chi connectivity index (χ1v) is 7.29. The highest BCUT2D eigenvalue weighted by atomic mass is 32.1. The molecule has 2 aromatic rings. The van der Waals surface area contributed by atoms with Crippen molar-refractivity contribution in [3.05, 3.63) is 47.1 Å². The summed E-state index contributed by atoms with van der Waals surface area (Å²) in [4.78, 5) is 0.938. The predicted octanol–water partition coefficient (Wildman–Crippen LogP) is 3.41. The van der Waals surface area contributed by atoms with Crippen LogP contribution in [0.25, 0.3) is 10.4 Å². The number of aliphatic hydroxyl groups is 1. The zero-order chi connectivity index (χ0) is 13.7. The van der Waals surface area contributed by atoms with Gasteiger partial charge in [0, 0.05) is 23.0 Å². The highest BCUT2D eigenvalue weighted by Crippen LogP contribution is 2.28. The van der Waals surface area contributed by atoms with Crippen LogP contribution < -0.4 is 5.32 Å². The molecule has 1 atom stereocenters. The van der Waals surface area contributed by atoms with Crippen molar-refractivity contribution in [1.82, 2.24) is 5.32 Å². The van der Waals surface area contributed by atoms with Gasteiger partial charge in [-0.05, 0) is 35.6 Å². The van der Waals surface area contributed by atoms with E-state index in [1.807, 2.05) is 30.5 Å². The Hall–Kier alpha value is -1.23. The fraction of sp³-hybridized carbons (Fsp3) is 0.333. The Kier molecular flexibility index (Phi) is 5.07. The maximum Gasteiger partial charge on any atom is 0.131 e. The van der Waals surface area contributed by atoms with Gasteiger partial charge in [-0.25, -0.2) is 4.39 Å². The van der Waals surface area contributed by atoms with Gasteiger partial charge in [0.1, 0.15) is 5.82 Å². The summed E-state index contributed by atoms with van der Waals surface area (Å²) >= 11 is 1.53. The SMILES string of the molecule is CCC(CO)NCc1ccc(F)c(-c2cccs2)c1. The van der Waals surface area contributed by atoms with Gasteiger partial charge in [-0.1, -0.05) is 19.1 Å². The molecule has 0 radical (unpaired) electrons. The van der Waals surface area contributed by atoms with Crippen molar-refractivity contribution in [2.24, 2.45) is 0 Å². The lowest BCUT2D eigenvalue weighted by Crippen LogP contribution is -2.31. The molecule has 1 unspecified atom stereocenters. The van der Waals surface area contributed by atoms with E-state index in [4.69, 9.17) is 5.11 Å². The Morgan fingerprint density at radius 3 is 2.84 bits per heavy atom. The van der Waals surface area contributed by atoms with Gasteiger partial charge in [-0.3, -0.25) is 0 Å². The van der Waals surface area contributed by atoms with Crippen molar-refractivity contribution in [3.8, 4) is 10.4 Å². The van der Waals surface area contributed by atoms with Crippen LogP contribution in [-0.4, -0.2) is 17.8 Å². The second kappa shape index (κ2) is 6.80. The molecular weight excluding hydrogens is 261 g/mol. The standard InChI is InChI=1S/C15H18FNOS/c1-2-12(10-18)17-9-11-5-6-14(16)13(8-11)15-4-3-7-19-15/h3-8,12,17-18H,2,9-10H2,1H3. The molecule has 2 N–H and O–H groups in total. The summed E-state index contributed by atoms with van der Waals surface area (Å²) in [7, 11) is 0. The van der Waals surface area contributed by atoms with Gasteiger partial charge in [0.2, 0.25) is 0 Å². The van der Waals surface area contributed by atoms with Gasteiger partial charge in [0.25, 0.3) is 0 Å². The number of aliphatic hydroxyl groups excluding tert-OH is 1. The Bertz CT molecular complexity index is 509. The summed E-state index contributed by atoms with van der Waals surface area (Å²) in [5.74, 6) is -0.194. The number of nitrogens with one attached hydrogen (secondary N) is 1. The lowest BCUT2D eigenvalue weighted by atomic mass is 10.1. The van der Waals surface area contributed by atoms with Crippen LogP contribution in [0.15, 0.2) is 35.7 Å². The molecular formula is C15H18FNOS. The third-order valence-corrected chi connectivity index (χ3v) is 4.03. The second-order valence-electron chi connectivity index (χ2n) is 4.46. The van der Waals surface area contributed by atoms with E-state index in [2.05, 4.69) is 5.32 Å². The average Bonchev–Trinajstić information content (AvgIpc) is 2.95. The predicted molar refractivity (Wildman–Crippen MR) is 77.7 cm³/mol. The van der Waals surface area contributed by atoms with E-state index in [1.54, 1.807) is 6.07 Å². The van der Waals surface area contributed by atoms with E-state index in [0.717, 1.165) is 16.9 Å². The van der Waals surface area contributed by atoms with Crippen LogP contribution in [0.4, 0.5) is 4.39 Å². The number of rotatable bonds is 6. The molecule has 102 valence electrons. The van der Waals surface area contributed by atoms with E-state index < -0.39 is 0 Å². The number of halogens is 1. The molecule has 0 saturated carbocycles. The molecule has 2 rings (SSSR count). The van der Waals surface area contributed by atoms with Crippen LogP contribution in [0, 0.1) is 5.82 Å². The summed E-state index contributed by atoms with van der Waals surface area (Å²) in [6.45, 7) is 2.78. The van der Waals surface area contributed by atoms with Crippen molar-refractivity contribution in [2.75, 3.05) is 6.61 Å². The number of thiophene rings is 1. The summed E-state index contributed by atoms with van der Waals surface area (Å²) in [5.41, 5.74) is 1.67. The molecule has 1 aromatic carbocycles. The molecule has 0 fully saturated rings. The van der Waals surface area contributed by atoms with E-state index in [-0.39, 0.29) is 18.5 Å². The minimum absolute atomic E-state index is 0.0928. The van der Waals surface area contributed by atoms with E-state index >= 15 is 0 Å². The quantitative estimate of drug-likeness (QED) is 0.849. The molecule has 4 heteroatoms. The fourth-order valence-corrected chi connectivity index (χ4v) is 2.65. The van der Waals surface area contributed by atoms with E-state index in [9.17, 15) is 4.39 Å². The zero-order valence-corrected chi connectivity index (χ0v) is 11.7. The molecule has 0 bridgehead atoms. The fourth-order valence-electron chi connectivity index (χ4n) is 1.90. The van der Waals surface area contributed by atoms with Crippen molar-refractivity contribution in [1.29, 1.82) is 0 Å². The molecule has 1 aromatic heterocycles. The van der Waals surface area contributed by atoms with E-state index in [0.29, 0.717) is 12.1 Å². The van der Waals surface area contributed by atoms with E-state index in [1.165, 1.54) is 17.4 Å². The van der Waals surface area contributed by atoms with Crippen LogP contribution >= 0.6 is 11.3 Å². The van der Waals surface area contributed by atoms with Gasteiger partial charge in [0.05, 0.1) is 6.61 Å². The lowest BCUT2D eigenvalue weighted by Gasteiger charge is -2.14. The third-order valence-electron chi connectivity index (χ3n) is 3.13. The topological polar surface area (TPSA) is 32.3 Å². The van der Waals surface area contributed by atoms with Crippen molar-refractivity contribution < 1.29 is 9.50 Å². The highest BCUT2D eigenvalue weighted by molar-refractivity contribution is 7.13. The van der Waals surface area contributed by atoms with Crippen LogP contribution in [0.2, 0.25) is 0 Å². The van der Waals surface area contributed by atoms with Gasteiger partial charge >= 0.3 is 0 Å². The third kappa shape index (κ3) is 3.62. The second-order valence-corrected chi connectivity index (χ2v) is 5.41. The lowest BCUT2D eigenvalue weighted by molar-refractivity contribution is 0.238. The first kappa shape index (κ1) is 14.2. The number of hydrogen-bond acceptors (Lipinski definition) is 3. The van der Waals surface area contributed by atoms with Crippen molar-refractivity contribution in [3.63, 3.8) is 0 Å². The first-order chi connectivity index (χ1) is 9.24. The molecule has 0 amide bonds. The van der Waals surface area contributed by atoms with Gasteiger partial charge < -0.3 is 10.4 Å². The summed E-state index contributed by atoms with van der Waals surface area (Å²) in [6.07, 6.45) is 0.871. The van der Waals surface area contributed by atoms with Crippen LogP contribution in [-0.2, 0) is 6.54 Å².